The number of amides is 2. The minimum Gasteiger partial charge on any atom is -0.494 e. The number of ether oxygens (including phenoxy) is 2. The molecule has 1 atom stereocenters. The molecule has 0 aromatic heterocycles. The summed E-state index contributed by atoms with van der Waals surface area (Å²) in [6.45, 7) is 6.30. The van der Waals surface area contributed by atoms with Crippen LogP contribution in [0.4, 0.5) is 11.4 Å². The molecule has 164 valence electrons. The van der Waals surface area contributed by atoms with Crippen molar-refractivity contribution in [3.63, 3.8) is 0 Å². The number of rotatable bonds is 8. The molecular weight excluding hydrogens is 396 g/mol. The molecular formula is C24H28N2O5. The number of esters is 1. The third-order valence-electron chi connectivity index (χ3n) is 5.17. The largest absolute Gasteiger partial charge is 0.494 e. The summed E-state index contributed by atoms with van der Waals surface area (Å²) in [6, 6.07) is 12.9. The maximum Gasteiger partial charge on any atom is 0.311 e. The molecule has 1 fully saturated rings. The molecule has 7 heteroatoms. The molecule has 0 radical (unpaired) electrons. The Bertz CT molecular complexity index is 935. The first-order valence-electron chi connectivity index (χ1n) is 10.4. The molecule has 1 aliphatic rings. The van der Waals surface area contributed by atoms with Crippen LogP contribution in [0.25, 0.3) is 0 Å². The first-order chi connectivity index (χ1) is 14.9. The zero-order valence-electron chi connectivity index (χ0n) is 18.1. The van der Waals surface area contributed by atoms with E-state index in [1.54, 1.807) is 17.0 Å². The van der Waals surface area contributed by atoms with E-state index in [1.165, 1.54) is 0 Å². The normalized spacial score (nSPS) is 15.6. The lowest BCUT2D eigenvalue weighted by Gasteiger charge is -2.17. The second kappa shape index (κ2) is 10.1. The van der Waals surface area contributed by atoms with Gasteiger partial charge >= 0.3 is 5.97 Å². The average molecular weight is 424 g/mol. The number of benzene rings is 2. The van der Waals surface area contributed by atoms with Crippen LogP contribution in [-0.2, 0) is 19.1 Å². The van der Waals surface area contributed by atoms with Gasteiger partial charge in [-0.3, -0.25) is 14.4 Å². The second-order valence-corrected chi connectivity index (χ2v) is 7.67. The number of nitrogens with one attached hydrogen (secondary N) is 1. The first-order valence-corrected chi connectivity index (χ1v) is 10.4. The Morgan fingerprint density at radius 1 is 1.10 bits per heavy atom. The fourth-order valence-electron chi connectivity index (χ4n) is 3.50. The summed E-state index contributed by atoms with van der Waals surface area (Å²) < 4.78 is 10.7. The number of aryl methyl sites for hydroxylation is 2. The van der Waals surface area contributed by atoms with Gasteiger partial charge in [0.25, 0.3) is 5.91 Å². The van der Waals surface area contributed by atoms with E-state index in [9.17, 15) is 14.4 Å². The molecule has 0 saturated carbocycles. The summed E-state index contributed by atoms with van der Waals surface area (Å²) >= 11 is 0. The molecule has 1 heterocycles. The predicted molar refractivity (Wildman–Crippen MR) is 118 cm³/mol. The molecule has 2 amide bonds. The molecule has 1 aliphatic heterocycles. The standard InChI is InChI=1S/C24H28N2O5/c1-4-12-30-20-10-8-19(9-11-20)26-14-18(13-22(26)28)24(29)31-15-21(27)25-23-16(2)6-5-7-17(23)3/h5-11,18H,4,12-15H2,1-3H3,(H,25,27)/t18-/m1/s1. The van der Waals surface area contributed by atoms with Crippen LogP contribution in [0.2, 0.25) is 0 Å². The maximum atomic E-state index is 12.4. The number of hydrogen-bond acceptors (Lipinski definition) is 5. The summed E-state index contributed by atoms with van der Waals surface area (Å²) in [5.41, 5.74) is 3.29. The van der Waals surface area contributed by atoms with E-state index < -0.39 is 17.8 Å². The summed E-state index contributed by atoms with van der Waals surface area (Å²) in [5, 5.41) is 2.78. The van der Waals surface area contributed by atoms with E-state index in [-0.39, 0.29) is 25.5 Å². The lowest BCUT2D eigenvalue weighted by Crippen LogP contribution is -2.28. The Balaban J connectivity index is 1.52. The quantitative estimate of drug-likeness (QED) is 0.654. The van der Waals surface area contributed by atoms with E-state index in [4.69, 9.17) is 9.47 Å². The van der Waals surface area contributed by atoms with Gasteiger partial charge in [0.05, 0.1) is 12.5 Å². The van der Waals surface area contributed by atoms with Gasteiger partial charge in [-0.05, 0) is 55.7 Å². The lowest BCUT2D eigenvalue weighted by molar-refractivity contribution is -0.151. The molecule has 1 N–H and O–H groups in total. The smallest absolute Gasteiger partial charge is 0.311 e. The Hall–Kier alpha value is -3.35. The van der Waals surface area contributed by atoms with Crippen molar-refractivity contribution < 1.29 is 23.9 Å². The molecule has 31 heavy (non-hydrogen) atoms. The lowest BCUT2D eigenvalue weighted by atomic mass is 10.1. The number of nitrogens with zero attached hydrogens (tertiary/aromatic N) is 1. The minimum absolute atomic E-state index is 0.0610. The highest BCUT2D eigenvalue weighted by atomic mass is 16.5. The van der Waals surface area contributed by atoms with Crippen molar-refractivity contribution in [1.29, 1.82) is 0 Å². The van der Waals surface area contributed by atoms with Crippen LogP contribution >= 0.6 is 0 Å². The van der Waals surface area contributed by atoms with Gasteiger partial charge in [0.15, 0.2) is 6.61 Å². The average Bonchev–Trinajstić information content (AvgIpc) is 3.15. The number of anilines is 2. The second-order valence-electron chi connectivity index (χ2n) is 7.67. The highest BCUT2D eigenvalue weighted by molar-refractivity contribution is 6.00. The highest BCUT2D eigenvalue weighted by Crippen LogP contribution is 2.27. The summed E-state index contributed by atoms with van der Waals surface area (Å²) in [5.74, 6) is -0.964. The predicted octanol–water partition coefficient (Wildman–Crippen LogP) is 3.63. The zero-order valence-corrected chi connectivity index (χ0v) is 18.1. The molecule has 0 unspecified atom stereocenters. The van der Waals surface area contributed by atoms with Crippen molar-refractivity contribution in [2.75, 3.05) is 30.0 Å². The minimum atomic E-state index is -0.600. The summed E-state index contributed by atoms with van der Waals surface area (Å²) in [4.78, 5) is 38.6. The van der Waals surface area contributed by atoms with Crippen molar-refractivity contribution in [2.45, 2.75) is 33.6 Å². The Morgan fingerprint density at radius 3 is 2.42 bits per heavy atom. The van der Waals surface area contributed by atoms with Crippen LogP contribution in [-0.4, -0.2) is 37.5 Å². The zero-order chi connectivity index (χ0) is 22.4. The van der Waals surface area contributed by atoms with Gasteiger partial charge in [-0.2, -0.15) is 0 Å². The van der Waals surface area contributed by atoms with Gasteiger partial charge in [0.2, 0.25) is 5.91 Å². The van der Waals surface area contributed by atoms with Crippen LogP contribution in [0.1, 0.15) is 30.9 Å². The van der Waals surface area contributed by atoms with E-state index in [2.05, 4.69) is 5.32 Å². The van der Waals surface area contributed by atoms with E-state index in [0.717, 1.165) is 29.0 Å². The van der Waals surface area contributed by atoms with Crippen molar-refractivity contribution in [3.05, 3.63) is 53.6 Å². The van der Waals surface area contributed by atoms with Gasteiger partial charge < -0.3 is 19.7 Å². The third kappa shape index (κ3) is 5.63. The molecule has 0 bridgehead atoms. The Labute approximate surface area is 182 Å². The van der Waals surface area contributed by atoms with Crippen molar-refractivity contribution in [3.8, 4) is 5.75 Å². The van der Waals surface area contributed by atoms with Crippen molar-refractivity contribution >= 4 is 29.2 Å². The van der Waals surface area contributed by atoms with Crippen molar-refractivity contribution in [1.82, 2.24) is 0 Å². The van der Waals surface area contributed by atoms with Crippen LogP contribution in [0.15, 0.2) is 42.5 Å². The molecule has 2 aromatic rings. The number of carbonyl (C=O) groups excluding carboxylic acids is 3. The highest BCUT2D eigenvalue weighted by Gasteiger charge is 2.36. The van der Waals surface area contributed by atoms with Gasteiger partial charge in [-0.15, -0.1) is 0 Å². The molecule has 0 aliphatic carbocycles. The van der Waals surface area contributed by atoms with Crippen LogP contribution in [0.5, 0.6) is 5.75 Å². The molecule has 3 rings (SSSR count). The Morgan fingerprint density at radius 2 is 1.77 bits per heavy atom. The third-order valence-corrected chi connectivity index (χ3v) is 5.17. The van der Waals surface area contributed by atoms with Gasteiger partial charge in [0.1, 0.15) is 5.75 Å². The van der Waals surface area contributed by atoms with Crippen LogP contribution in [0, 0.1) is 19.8 Å². The van der Waals surface area contributed by atoms with E-state index in [0.29, 0.717) is 12.3 Å². The maximum absolute atomic E-state index is 12.4. The Kier molecular flexibility index (Phi) is 7.28. The fourth-order valence-corrected chi connectivity index (χ4v) is 3.50. The number of para-hydroxylation sites is 1. The molecule has 7 nitrogen and oxygen atoms in total. The van der Waals surface area contributed by atoms with E-state index in [1.807, 2.05) is 51.1 Å². The van der Waals surface area contributed by atoms with Gasteiger partial charge in [-0.1, -0.05) is 25.1 Å². The number of carbonyl (C=O) groups is 3. The summed E-state index contributed by atoms with van der Waals surface area (Å²) in [6.07, 6.45) is 0.976. The van der Waals surface area contributed by atoms with Crippen molar-refractivity contribution in [2.24, 2.45) is 5.92 Å². The number of hydrogen-bond donors (Lipinski definition) is 1. The first kappa shape index (κ1) is 22.3. The SMILES string of the molecule is CCCOc1ccc(N2C[C@H](C(=O)OCC(=O)Nc3c(C)cccc3C)CC2=O)cc1. The molecule has 2 aromatic carbocycles. The molecule has 0 spiro atoms. The monoisotopic (exact) mass is 424 g/mol. The van der Waals surface area contributed by atoms with Gasteiger partial charge in [0, 0.05) is 24.3 Å². The molecule has 1 saturated heterocycles. The van der Waals surface area contributed by atoms with Crippen LogP contribution in [0.3, 0.4) is 0 Å². The van der Waals surface area contributed by atoms with E-state index >= 15 is 0 Å². The summed E-state index contributed by atoms with van der Waals surface area (Å²) in [7, 11) is 0. The van der Waals surface area contributed by atoms with Crippen LogP contribution < -0.4 is 15.0 Å². The van der Waals surface area contributed by atoms with Gasteiger partial charge in [-0.25, -0.2) is 0 Å². The fraction of sp³-hybridized carbons (Fsp3) is 0.375. The topological polar surface area (TPSA) is 84.9 Å².